The zero-order valence-corrected chi connectivity index (χ0v) is 17.9. The number of amides is 2. The molecule has 2 N–H and O–H groups in total. The van der Waals surface area contributed by atoms with E-state index in [0.717, 1.165) is 12.2 Å². The number of thioether (sulfide) groups is 2. The summed E-state index contributed by atoms with van der Waals surface area (Å²) in [4.78, 5) is 26.0. The van der Waals surface area contributed by atoms with Crippen LogP contribution in [-0.4, -0.2) is 43.5 Å². The molecule has 0 fully saturated rings. The highest BCUT2D eigenvalue weighted by Gasteiger charge is 2.22. The van der Waals surface area contributed by atoms with E-state index in [0.29, 0.717) is 16.4 Å². The van der Waals surface area contributed by atoms with Gasteiger partial charge < -0.3 is 10.6 Å². The molecule has 3 aromatic rings. The maximum Gasteiger partial charge on any atom is 0.251 e. The number of anilines is 1. The van der Waals surface area contributed by atoms with E-state index in [4.69, 9.17) is 0 Å². The summed E-state index contributed by atoms with van der Waals surface area (Å²) in [5.74, 6) is 0.881. The van der Waals surface area contributed by atoms with Gasteiger partial charge in [-0.3, -0.25) is 9.59 Å². The predicted octanol–water partition coefficient (Wildman–Crippen LogP) is 2.91. The molecule has 1 aliphatic rings. The summed E-state index contributed by atoms with van der Waals surface area (Å²) in [7, 11) is 1.72. The van der Waals surface area contributed by atoms with E-state index in [1.54, 1.807) is 31.3 Å². The van der Waals surface area contributed by atoms with Crippen molar-refractivity contribution >= 4 is 41.0 Å². The summed E-state index contributed by atoms with van der Waals surface area (Å²) in [6.07, 6.45) is 0.903. The molecule has 0 unspecified atom stereocenters. The first-order valence-corrected chi connectivity index (χ1v) is 11.3. The van der Waals surface area contributed by atoms with Gasteiger partial charge in [0.25, 0.3) is 5.91 Å². The summed E-state index contributed by atoms with van der Waals surface area (Å²) in [5.41, 5.74) is 2.36. The SMILES string of the molecule is Cn1nnnc1SCC(=O)Nc1ccc(C(=O)N[C@@H]2CCSc3ccccc32)cc1. The minimum absolute atomic E-state index is 0.0152. The first-order chi connectivity index (χ1) is 14.6. The fourth-order valence-corrected chi connectivity index (χ4v) is 4.88. The molecule has 2 amide bonds. The van der Waals surface area contributed by atoms with Crippen molar-refractivity contribution in [2.24, 2.45) is 7.05 Å². The van der Waals surface area contributed by atoms with Gasteiger partial charge in [-0.2, -0.15) is 0 Å². The number of tetrazole rings is 1. The maximum atomic E-state index is 12.7. The maximum absolute atomic E-state index is 12.7. The number of benzene rings is 2. The lowest BCUT2D eigenvalue weighted by Crippen LogP contribution is -2.30. The molecule has 0 bridgehead atoms. The number of carbonyl (C=O) groups is 2. The molecule has 1 aromatic heterocycles. The van der Waals surface area contributed by atoms with Crippen molar-refractivity contribution in [3.63, 3.8) is 0 Å². The molecule has 10 heteroatoms. The third-order valence-electron chi connectivity index (χ3n) is 4.61. The highest BCUT2D eigenvalue weighted by atomic mass is 32.2. The second-order valence-corrected chi connectivity index (χ2v) is 8.78. The number of hydrogen-bond donors (Lipinski definition) is 2. The number of rotatable bonds is 6. The molecule has 0 saturated carbocycles. The Labute approximate surface area is 182 Å². The third kappa shape index (κ3) is 4.82. The van der Waals surface area contributed by atoms with E-state index < -0.39 is 0 Å². The van der Waals surface area contributed by atoms with Gasteiger partial charge in [-0.25, -0.2) is 4.68 Å². The molecule has 30 heavy (non-hydrogen) atoms. The molecule has 1 atom stereocenters. The predicted molar refractivity (Wildman–Crippen MR) is 117 cm³/mol. The van der Waals surface area contributed by atoms with Crippen LogP contribution in [0, 0.1) is 0 Å². The largest absolute Gasteiger partial charge is 0.345 e. The fourth-order valence-electron chi connectivity index (χ4n) is 3.11. The lowest BCUT2D eigenvalue weighted by Gasteiger charge is -2.25. The molecule has 0 saturated heterocycles. The Bertz CT molecular complexity index is 1050. The van der Waals surface area contributed by atoms with Crippen molar-refractivity contribution in [1.29, 1.82) is 0 Å². The first kappa shape index (κ1) is 20.4. The number of aryl methyl sites for hydroxylation is 1. The van der Waals surface area contributed by atoms with Gasteiger partial charge in [-0.15, -0.1) is 16.9 Å². The van der Waals surface area contributed by atoms with Crippen LogP contribution in [0.15, 0.2) is 58.6 Å². The van der Waals surface area contributed by atoms with Crippen molar-refractivity contribution in [3.05, 3.63) is 59.7 Å². The van der Waals surface area contributed by atoms with E-state index in [1.165, 1.54) is 26.9 Å². The molecule has 0 spiro atoms. The number of nitrogens with zero attached hydrogens (tertiary/aromatic N) is 4. The second kappa shape index (κ2) is 9.31. The molecule has 8 nitrogen and oxygen atoms in total. The van der Waals surface area contributed by atoms with E-state index in [2.05, 4.69) is 38.3 Å². The number of carbonyl (C=O) groups excluding carboxylic acids is 2. The van der Waals surface area contributed by atoms with Crippen LogP contribution in [0.3, 0.4) is 0 Å². The minimum atomic E-state index is -0.170. The van der Waals surface area contributed by atoms with Crippen LogP contribution in [0.2, 0.25) is 0 Å². The normalized spacial score (nSPS) is 15.3. The Morgan fingerprint density at radius 1 is 1.20 bits per heavy atom. The fraction of sp³-hybridized carbons (Fsp3) is 0.250. The van der Waals surface area contributed by atoms with Crippen LogP contribution >= 0.6 is 23.5 Å². The van der Waals surface area contributed by atoms with Crippen molar-refractivity contribution in [2.75, 3.05) is 16.8 Å². The van der Waals surface area contributed by atoms with Gasteiger partial charge in [0.2, 0.25) is 11.1 Å². The van der Waals surface area contributed by atoms with Crippen LogP contribution in [0.5, 0.6) is 0 Å². The summed E-state index contributed by atoms with van der Waals surface area (Å²) in [6.45, 7) is 0. The second-order valence-electron chi connectivity index (χ2n) is 6.70. The standard InChI is InChI=1S/C20H20N6O2S2/c1-26-20(23-24-25-26)30-12-18(27)21-14-8-6-13(7-9-14)19(28)22-16-10-11-29-17-5-3-2-4-15(16)17/h2-9,16H,10-12H2,1H3,(H,21,27)(H,22,28)/t16-/m1/s1. The lowest BCUT2D eigenvalue weighted by atomic mass is 10.0. The van der Waals surface area contributed by atoms with E-state index in [9.17, 15) is 9.59 Å². The lowest BCUT2D eigenvalue weighted by molar-refractivity contribution is -0.113. The summed E-state index contributed by atoms with van der Waals surface area (Å²) < 4.78 is 1.51. The molecular formula is C20H20N6O2S2. The number of nitrogens with one attached hydrogen (secondary N) is 2. The topological polar surface area (TPSA) is 102 Å². The van der Waals surface area contributed by atoms with Crippen LogP contribution in [0.25, 0.3) is 0 Å². The van der Waals surface area contributed by atoms with Gasteiger partial charge in [0.05, 0.1) is 11.8 Å². The van der Waals surface area contributed by atoms with Crippen LogP contribution < -0.4 is 10.6 Å². The van der Waals surface area contributed by atoms with Gasteiger partial charge in [0.1, 0.15) is 0 Å². The van der Waals surface area contributed by atoms with Gasteiger partial charge in [0.15, 0.2) is 0 Å². The molecule has 1 aliphatic heterocycles. The summed E-state index contributed by atoms with van der Waals surface area (Å²) in [6, 6.07) is 15.1. The Balaban J connectivity index is 1.32. The molecule has 2 aromatic carbocycles. The molecule has 2 heterocycles. The monoisotopic (exact) mass is 440 g/mol. The zero-order chi connectivity index (χ0) is 20.9. The van der Waals surface area contributed by atoms with Crippen molar-refractivity contribution in [3.8, 4) is 0 Å². The zero-order valence-electron chi connectivity index (χ0n) is 16.2. The highest BCUT2D eigenvalue weighted by molar-refractivity contribution is 7.99. The Morgan fingerprint density at radius 3 is 2.77 bits per heavy atom. The Kier molecular flexibility index (Phi) is 6.34. The van der Waals surface area contributed by atoms with Gasteiger partial charge in [-0.1, -0.05) is 30.0 Å². The number of fused-ring (bicyclic) bond motifs is 1. The van der Waals surface area contributed by atoms with Crippen LogP contribution in [0.4, 0.5) is 5.69 Å². The third-order valence-corrected chi connectivity index (χ3v) is 6.74. The van der Waals surface area contributed by atoms with Crippen molar-refractivity contribution in [1.82, 2.24) is 25.5 Å². The summed E-state index contributed by atoms with van der Waals surface area (Å²) in [5, 5.41) is 17.6. The molecular weight excluding hydrogens is 420 g/mol. The average molecular weight is 441 g/mol. The average Bonchev–Trinajstić information content (AvgIpc) is 3.18. The van der Waals surface area contributed by atoms with E-state index in [-0.39, 0.29) is 23.6 Å². The van der Waals surface area contributed by atoms with Gasteiger partial charge in [0, 0.05) is 28.9 Å². The van der Waals surface area contributed by atoms with E-state index >= 15 is 0 Å². The van der Waals surface area contributed by atoms with Crippen LogP contribution in [0.1, 0.15) is 28.4 Å². The first-order valence-electron chi connectivity index (χ1n) is 9.38. The molecule has 0 radical (unpaired) electrons. The quantitative estimate of drug-likeness (QED) is 0.568. The minimum Gasteiger partial charge on any atom is -0.345 e. The summed E-state index contributed by atoms with van der Waals surface area (Å²) >= 11 is 3.07. The van der Waals surface area contributed by atoms with Crippen molar-refractivity contribution < 1.29 is 9.59 Å². The molecule has 154 valence electrons. The number of hydrogen-bond acceptors (Lipinski definition) is 7. The Morgan fingerprint density at radius 2 is 2.00 bits per heavy atom. The van der Waals surface area contributed by atoms with E-state index in [1.807, 2.05) is 23.9 Å². The molecule has 4 rings (SSSR count). The Hall–Kier alpha value is -2.85. The highest BCUT2D eigenvalue weighted by Crippen LogP contribution is 2.35. The van der Waals surface area contributed by atoms with Crippen LogP contribution in [-0.2, 0) is 11.8 Å². The number of aromatic nitrogens is 4. The smallest absolute Gasteiger partial charge is 0.251 e. The van der Waals surface area contributed by atoms with Gasteiger partial charge in [-0.05, 0) is 52.7 Å². The van der Waals surface area contributed by atoms with Crippen molar-refractivity contribution in [2.45, 2.75) is 22.5 Å². The van der Waals surface area contributed by atoms with Gasteiger partial charge >= 0.3 is 0 Å². The molecule has 0 aliphatic carbocycles.